The van der Waals surface area contributed by atoms with Crippen LogP contribution in [0.4, 0.5) is 4.39 Å². The van der Waals surface area contributed by atoms with Crippen molar-refractivity contribution >= 4 is 17.6 Å². The minimum absolute atomic E-state index is 0.0653. The number of aryl methyl sites for hydroxylation is 2. The molecule has 0 radical (unpaired) electrons. The van der Waals surface area contributed by atoms with Gasteiger partial charge in [-0.3, -0.25) is 0 Å². The maximum Gasteiger partial charge on any atom is 0.191 e. The van der Waals surface area contributed by atoms with Crippen molar-refractivity contribution in [3.63, 3.8) is 0 Å². The number of guanidine groups is 1. The number of hydrogen-bond donors (Lipinski definition) is 2. The van der Waals surface area contributed by atoms with Crippen molar-refractivity contribution in [1.29, 1.82) is 0 Å². The van der Waals surface area contributed by atoms with E-state index in [-0.39, 0.29) is 17.8 Å². The fourth-order valence-electron chi connectivity index (χ4n) is 3.31. The molecule has 1 fully saturated rings. The predicted octanol–water partition coefficient (Wildman–Crippen LogP) is 4.20. The molecule has 2 atom stereocenters. The summed E-state index contributed by atoms with van der Waals surface area (Å²) in [5, 5.41) is 11.3. The smallest absolute Gasteiger partial charge is 0.191 e. The third-order valence-corrected chi connectivity index (χ3v) is 5.16. The topological polar surface area (TPSA) is 62.5 Å². The van der Waals surface area contributed by atoms with E-state index in [2.05, 4.69) is 22.7 Å². The van der Waals surface area contributed by atoms with Crippen LogP contribution in [0.25, 0.3) is 0 Å². The van der Waals surface area contributed by atoms with E-state index in [9.17, 15) is 4.39 Å². The van der Waals surface area contributed by atoms with E-state index in [4.69, 9.17) is 21.1 Å². The fraction of sp³-hybridized carbons (Fsp3) is 0.500. The minimum Gasteiger partial charge on any atom is -0.361 e. The third-order valence-electron chi connectivity index (χ3n) is 4.83. The van der Waals surface area contributed by atoms with E-state index in [1.165, 1.54) is 6.07 Å². The van der Waals surface area contributed by atoms with Crippen LogP contribution in [-0.4, -0.2) is 23.7 Å². The van der Waals surface area contributed by atoms with Crippen molar-refractivity contribution in [3.8, 4) is 0 Å². The summed E-state index contributed by atoms with van der Waals surface area (Å²) in [6.07, 6.45) is 2.44. The number of hydrogen-bond acceptors (Lipinski definition) is 3. The molecule has 1 aromatic carbocycles. The van der Waals surface area contributed by atoms with Crippen LogP contribution in [0.15, 0.2) is 27.7 Å². The highest BCUT2D eigenvalue weighted by atomic mass is 35.5. The van der Waals surface area contributed by atoms with Gasteiger partial charge in [-0.2, -0.15) is 0 Å². The van der Waals surface area contributed by atoms with Crippen LogP contribution in [0.2, 0.25) is 5.02 Å². The molecular weight excluding hydrogens is 367 g/mol. The van der Waals surface area contributed by atoms with Gasteiger partial charge in [0.15, 0.2) is 5.96 Å². The standard InChI is InChI=1S/C20H26ClFN4O/c1-4-16-13(18(5-2)27-26-16)11-24-20(23-6-3)25-17-10-12(17)19-14(21)8-7-9-15(19)22/h7-9,12,17H,4-6,10-11H2,1-3H3,(H2,23,24,25). The lowest BCUT2D eigenvalue weighted by atomic mass is 10.1. The Hall–Kier alpha value is -2.08. The summed E-state index contributed by atoms with van der Waals surface area (Å²) in [7, 11) is 0. The number of nitrogens with zero attached hydrogens (tertiary/aromatic N) is 2. The second-order valence-corrected chi connectivity index (χ2v) is 7.07. The van der Waals surface area contributed by atoms with E-state index in [0.717, 1.165) is 42.8 Å². The zero-order chi connectivity index (χ0) is 19.4. The summed E-state index contributed by atoms with van der Waals surface area (Å²) in [5.74, 6) is 1.41. The van der Waals surface area contributed by atoms with Crippen LogP contribution in [0.3, 0.4) is 0 Å². The molecule has 0 saturated heterocycles. The van der Waals surface area contributed by atoms with E-state index in [1.807, 2.05) is 13.8 Å². The van der Waals surface area contributed by atoms with E-state index >= 15 is 0 Å². The number of aromatic nitrogens is 1. The van der Waals surface area contributed by atoms with Gasteiger partial charge >= 0.3 is 0 Å². The van der Waals surface area contributed by atoms with Crippen LogP contribution in [-0.2, 0) is 19.4 Å². The predicted molar refractivity (Wildman–Crippen MR) is 106 cm³/mol. The normalized spacial score (nSPS) is 19.2. The Labute approximate surface area is 164 Å². The molecule has 0 spiro atoms. The molecule has 1 aliphatic carbocycles. The van der Waals surface area contributed by atoms with Gasteiger partial charge in [-0.15, -0.1) is 0 Å². The van der Waals surface area contributed by atoms with Crippen molar-refractivity contribution in [2.75, 3.05) is 6.54 Å². The molecule has 7 heteroatoms. The average molecular weight is 393 g/mol. The molecule has 1 aliphatic rings. The Morgan fingerprint density at radius 1 is 1.33 bits per heavy atom. The molecule has 27 heavy (non-hydrogen) atoms. The van der Waals surface area contributed by atoms with Crippen molar-refractivity contribution in [1.82, 2.24) is 15.8 Å². The molecule has 5 nitrogen and oxygen atoms in total. The second kappa shape index (κ2) is 8.74. The lowest BCUT2D eigenvalue weighted by Gasteiger charge is -2.12. The highest BCUT2D eigenvalue weighted by molar-refractivity contribution is 6.31. The first kappa shape index (κ1) is 19.7. The summed E-state index contributed by atoms with van der Waals surface area (Å²) >= 11 is 6.19. The SMILES string of the molecule is CCNC(=NCc1c(CC)noc1CC)NC1CC1c1c(F)cccc1Cl. The summed E-state index contributed by atoms with van der Waals surface area (Å²) in [5.41, 5.74) is 2.60. The van der Waals surface area contributed by atoms with Gasteiger partial charge in [0.25, 0.3) is 0 Å². The lowest BCUT2D eigenvalue weighted by molar-refractivity contribution is 0.380. The maximum absolute atomic E-state index is 14.1. The molecular formula is C20H26ClFN4O. The van der Waals surface area contributed by atoms with Gasteiger partial charge in [0.05, 0.1) is 12.2 Å². The molecule has 0 bridgehead atoms. The van der Waals surface area contributed by atoms with Crippen molar-refractivity contribution in [3.05, 3.63) is 51.6 Å². The largest absolute Gasteiger partial charge is 0.361 e. The van der Waals surface area contributed by atoms with Crippen LogP contribution in [0.5, 0.6) is 0 Å². The summed E-state index contributed by atoms with van der Waals surface area (Å²) in [6, 6.07) is 4.95. The minimum atomic E-state index is -0.247. The molecule has 146 valence electrons. The molecule has 1 saturated carbocycles. The first-order valence-corrected chi connectivity index (χ1v) is 9.91. The van der Waals surface area contributed by atoms with E-state index < -0.39 is 0 Å². The zero-order valence-corrected chi connectivity index (χ0v) is 16.7. The van der Waals surface area contributed by atoms with Gasteiger partial charge in [-0.1, -0.05) is 36.7 Å². The molecule has 2 unspecified atom stereocenters. The third kappa shape index (κ3) is 4.43. The Morgan fingerprint density at radius 2 is 2.15 bits per heavy atom. The Morgan fingerprint density at radius 3 is 2.81 bits per heavy atom. The van der Waals surface area contributed by atoms with Crippen molar-refractivity contribution in [2.24, 2.45) is 4.99 Å². The number of nitrogens with one attached hydrogen (secondary N) is 2. The van der Waals surface area contributed by atoms with Gasteiger partial charge < -0.3 is 15.2 Å². The Balaban J connectivity index is 1.70. The highest BCUT2D eigenvalue weighted by Gasteiger charge is 2.41. The fourth-order valence-corrected chi connectivity index (χ4v) is 3.61. The zero-order valence-electron chi connectivity index (χ0n) is 16.0. The Bertz CT molecular complexity index is 779. The summed E-state index contributed by atoms with van der Waals surface area (Å²) in [4.78, 5) is 4.69. The van der Waals surface area contributed by atoms with Crippen molar-refractivity contribution < 1.29 is 8.91 Å². The van der Waals surface area contributed by atoms with Crippen LogP contribution < -0.4 is 10.6 Å². The number of aliphatic imine (C=N–C) groups is 1. The first-order chi connectivity index (χ1) is 13.1. The molecule has 2 aromatic rings. The molecule has 1 heterocycles. The Kier molecular flexibility index (Phi) is 6.37. The highest BCUT2D eigenvalue weighted by Crippen LogP contribution is 2.44. The van der Waals surface area contributed by atoms with Crippen LogP contribution in [0.1, 0.15) is 55.7 Å². The maximum atomic E-state index is 14.1. The van der Waals surface area contributed by atoms with Gasteiger partial charge in [0.2, 0.25) is 0 Å². The molecule has 0 aliphatic heterocycles. The van der Waals surface area contributed by atoms with Gasteiger partial charge in [0, 0.05) is 41.1 Å². The lowest BCUT2D eigenvalue weighted by Crippen LogP contribution is -2.39. The quantitative estimate of drug-likeness (QED) is 0.547. The number of rotatable bonds is 7. The monoisotopic (exact) mass is 392 g/mol. The second-order valence-electron chi connectivity index (χ2n) is 6.66. The van der Waals surface area contributed by atoms with Crippen LogP contribution >= 0.6 is 11.6 Å². The molecule has 0 amide bonds. The van der Waals surface area contributed by atoms with Gasteiger partial charge in [-0.25, -0.2) is 9.38 Å². The molecule has 1 aromatic heterocycles. The number of halogens is 2. The van der Waals surface area contributed by atoms with Gasteiger partial charge in [0.1, 0.15) is 11.6 Å². The molecule has 3 rings (SSSR count). The number of benzene rings is 1. The van der Waals surface area contributed by atoms with Crippen molar-refractivity contribution in [2.45, 2.75) is 58.5 Å². The average Bonchev–Trinajstić information content (AvgIpc) is 3.27. The van der Waals surface area contributed by atoms with E-state index in [0.29, 0.717) is 23.1 Å². The van der Waals surface area contributed by atoms with Crippen LogP contribution in [0, 0.1) is 5.82 Å². The summed E-state index contributed by atoms with van der Waals surface area (Å²) < 4.78 is 19.5. The first-order valence-electron chi connectivity index (χ1n) is 9.53. The van der Waals surface area contributed by atoms with Gasteiger partial charge in [-0.05, 0) is 31.9 Å². The van der Waals surface area contributed by atoms with E-state index in [1.54, 1.807) is 12.1 Å². The summed E-state index contributed by atoms with van der Waals surface area (Å²) in [6.45, 7) is 7.37. The molecule has 2 N–H and O–H groups in total.